The standard InChI is InChI=1S/C30H28N2O2S/c1-20-9-7-12-24(16-20)29(33)31-25-13-8-14-27(19-25)35-28(23-10-5-4-6-11-23)30(34)32-26-17-21(2)15-22(3)18-26/h4-19,28H,1-3H3,(H,31,33)(H,32,34). The number of carbonyl (C=O) groups excluding carboxylic acids is 2. The van der Waals surface area contributed by atoms with Gasteiger partial charge in [-0.1, -0.05) is 60.2 Å². The third-order valence-electron chi connectivity index (χ3n) is 5.46. The molecule has 4 nitrogen and oxygen atoms in total. The van der Waals surface area contributed by atoms with Crippen LogP contribution in [0.25, 0.3) is 0 Å². The van der Waals surface area contributed by atoms with Gasteiger partial charge in [-0.2, -0.15) is 0 Å². The number of benzene rings is 4. The van der Waals surface area contributed by atoms with E-state index >= 15 is 0 Å². The number of anilines is 2. The maximum Gasteiger partial charge on any atom is 0.255 e. The van der Waals surface area contributed by atoms with Crippen molar-refractivity contribution in [3.05, 3.63) is 125 Å². The normalized spacial score (nSPS) is 11.5. The second kappa shape index (κ2) is 11.1. The second-order valence-electron chi connectivity index (χ2n) is 8.63. The Morgan fingerprint density at radius 3 is 2.09 bits per heavy atom. The van der Waals surface area contributed by atoms with Gasteiger partial charge in [0.2, 0.25) is 5.91 Å². The lowest BCUT2D eigenvalue weighted by Crippen LogP contribution is -2.19. The maximum absolute atomic E-state index is 13.4. The number of thioether (sulfide) groups is 1. The summed E-state index contributed by atoms with van der Waals surface area (Å²) in [6, 6.07) is 30.8. The minimum atomic E-state index is -0.459. The highest BCUT2D eigenvalue weighted by Crippen LogP contribution is 2.37. The van der Waals surface area contributed by atoms with Crippen LogP contribution in [0, 0.1) is 20.8 Å². The van der Waals surface area contributed by atoms with Gasteiger partial charge in [0.05, 0.1) is 0 Å². The lowest BCUT2D eigenvalue weighted by Gasteiger charge is -2.18. The van der Waals surface area contributed by atoms with E-state index in [9.17, 15) is 9.59 Å². The predicted molar refractivity (Wildman–Crippen MR) is 145 cm³/mol. The molecule has 0 saturated heterocycles. The molecule has 0 bridgehead atoms. The fourth-order valence-electron chi connectivity index (χ4n) is 3.93. The Hall–Kier alpha value is -3.83. The first kappa shape index (κ1) is 24.3. The SMILES string of the molecule is Cc1cc(C)cc(NC(=O)C(Sc2cccc(NC(=O)c3cccc(C)c3)c2)c2ccccc2)c1. The van der Waals surface area contributed by atoms with E-state index in [1.165, 1.54) is 11.8 Å². The minimum Gasteiger partial charge on any atom is -0.325 e. The molecule has 0 spiro atoms. The van der Waals surface area contributed by atoms with E-state index in [0.717, 1.165) is 32.8 Å². The molecule has 0 aromatic heterocycles. The zero-order chi connectivity index (χ0) is 24.8. The minimum absolute atomic E-state index is 0.0969. The van der Waals surface area contributed by atoms with Crippen molar-refractivity contribution in [2.24, 2.45) is 0 Å². The molecule has 35 heavy (non-hydrogen) atoms. The molecule has 0 aliphatic carbocycles. The zero-order valence-electron chi connectivity index (χ0n) is 20.0. The van der Waals surface area contributed by atoms with E-state index in [4.69, 9.17) is 0 Å². The van der Waals surface area contributed by atoms with Crippen LogP contribution in [0.1, 0.15) is 37.9 Å². The van der Waals surface area contributed by atoms with Crippen LogP contribution < -0.4 is 10.6 Å². The Morgan fingerprint density at radius 1 is 0.657 bits per heavy atom. The van der Waals surface area contributed by atoms with Crippen LogP contribution in [0.2, 0.25) is 0 Å². The largest absolute Gasteiger partial charge is 0.325 e. The first-order valence-electron chi connectivity index (χ1n) is 11.5. The van der Waals surface area contributed by atoms with E-state index in [1.807, 2.05) is 106 Å². The number of amides is 2. The van der Waals surface area contributed by atoms with Crippen LogP contribution in [0.5, 0.6) is 0 Å². The van der Waals surface area contributed by atoms with Crippen molar-refractivity contribution in [1.29, 1.82) is 0 Å². The highest BCUT2D eigenvalue weighted by molar-refractivity contribution is 8.00. The molecule has 1 unspecified atom stereocenters. The molecule has 1 atom stereocenters. The molecule has 0 radical (unpaired) electrons. The molecule has 0 heterocycles. The van der Waals surface area contributed by atoms with Gasteiger partial charge < -0.3 is 10.6 Å². The van der Waals surface area contributed by atoms with Gasteiger partial charge in [-0.25, -0.2) is 0 Å². The molecule has 5 heteroatoms. The summed E-state index contributed by atoms with van der Waals surface area (Å²) in [5.41, 5.74) is 6.22. The fourth-order valence-corrected chi connectivity index (χ4v) is 5.01. The van der Waals surface area contributed by atoms with E-state index in [1.54, 1.807) is 6.07 Å². The number of carbonyl (C=O) groups is 2. The van der Waals surface area contributed by atoms with Gasteiger partial charge in [0, 0.05) is 21.8 Å². The van der Waals surface area contributed by atoms with E-state index in [2.05, 4.69) is 16.7 Å². The van der Waals surface area contributed by atoms with Crippen molar-refractivity contribution >= 4 is 35.0 Å². The van der Waals surface area contributed by atoms with Crippen molar-refractivity contribution in [2.75, 3.05) is 10.6 Å². The molecule has 2 amide bonds. The molecule has 0 aliphatic rings. The molecule has 2 N–H and O–H groups in total. The van der Waals surface area contributed by atoms with Crippen LogP contribution in [0.3, 0.4) is 0 Å². The Kier molecular flexibility index (Phi) is 7.68. The Bertz CT molecular complexity index is 1330. The molecule has 176 valence electrons. The molecule has 0 saturated carbocycles. The van der Waals surface area contributed by atoms with Gasteiger partial charge in [-0.05, 0) is 79.9 Å². The highest BCUT2D eigenvalue weighted by Gasteiger charge is 2.22. The van der Waals surface area contributed by atoms with Crippen molar-refractivity contribution < 1.29 is 9.59 Å². The summed E-state index contributed by atoms with van der Waals surface area (Å²) in [7, 11) is 0. The van der Waals surface area contributed by atoms with Gasteiger partial charge in [-0.3, -0.25) is 9.59 Å². The topological polar surface area (TPSA) is 58.2 Å². The maximum atomic E-state index is 13.4. The Morgan fingerprint density at radius 2 is 1.37 bits per heavy atom. The first-order chi connectivity index (χ1) is 16.9. The predicted octanol–water partition coefficient (Wildman–Crippen LogP) is 7.34. The van der Waals surface area contributed by atoms with Crippen LogP contribution >= 0.6 is 11.8 Å². The van der Waals surface area contributed by atoms with Crippen LogP contribution in [0.4, 0.5) is 11.4 Å². The van der Waals surface area contributed by atoms with E-state index < -0.39 is 5.25 Å². The number of hydrogen-bond donors (Lipinski definition) is 2. The summed E-state index contributed by atoms with van der Waals surface area (Å²) in [5.74, 6) is -0.261. The molecule has 4 rings (SSSR count). The molecular weight excluding hydrogens is 452 g/mol. The molecular formula is C30H28N2O2S. The first-order valence-corrected chi connectivity index (χ1v) is 12.3. The average molecular weight is 481 g/mol. The summed E-state index contributed by atoms with van der Waals surface area (Å²) in [6.45, 7) is 5.99. The van der Waals surface area contributed by atoms with E-state index in [-0.39, 0.29) is 11.8 Å². The summed E-state index contributed by atoms with van der Waals surface area (Å²) in [5, 5.41) is 5.60. The lowest BCUT2D eigenvalue weighted by atomic mass is 10.1. The molecule has 4 aromatic rings. The third-order valence-corrected chi connectivity index (χ3v) is 6.70. The smallest absolute Gasteiger partial charge is 0.255 e. The Balaban J connectivity index is 1.55. The molecule has 4 aromatic carbocycles. The fraction of sp³-hybridized carbons (Fsp3) is 0.133. The van der Waals surface area contributed by atoms with Crippen LogP contribution in [-0.4, -0.2) is 11.8 Å². The average Bonchev–Trinajstić information content (AvgIpc) is 2.82. The number of rotatable bonds is 7. The van der Waals surface area contributed by atoms with Crippen molar-refractivity contribution in [1.82, 2.24) is 0 Å². The van der Waals surface area contributed by atoms with Crippen molar-refractivity contribution in [3.8, 4) is 0 Å². The quantitative estimate of drug-likeness (QED) is 0.272. The summed E-state index contributed by atoms with van der Waals surface area (Å²) in [6.07, 6.45) is 0. The summed E-state index contributed by atoms with van der Waals surface area (Å²) in [4.78, 5) is 27.0. The van der Waals surface area contributed by atoms with E-state index in [0.29, 0.717) is 11.3 Å². The highest BCUT2D eigenvalue weighted by atomic mass is 32.2. The zero-order valence-corrected chi connectivity index (χ0v) is 20.9. The third kappa shape index (κ3) is 6.61. The van der Waals surface area contributed by atoms with Gasteiger partial charge in [-0.15, -0.1) is 11.8 Å². The number of hydrogen-bond acceptors (Lipinski definition) is 3. The number of nitrogens with one attached hydrogen (secondary N) is 2. The van der Waals surface area contributed by atoms with Gasteiger partial charge >= 0.3 is 0 Å². The van der Waals surface area contributed by atoms with Gasteiger partial charge in [0.1, 0.15) is 5.25 Å². The lowest BCUT2D eigenvalue weighted by molar-refractivity contribution is -0.115. The molecule has 0 fully saturated rings. The second-order valence-corrected chi connectivity index (χ2v) is 9.80. The summed E-state index contributed by atoms with van der Waals surface area (Å²) >= 11 is 1.45. The van der Waals surface area contributed by atoms with Crippen LogP contribution in [0.15, 0.2) is 102 Å². The van der Waals surface area contributed by atoms with Crippen LogP contribution in [-0.2, 0) is 4.79 Å². The monoisotopic (exact) mass is 480 g/mol. The van der Waals surface area contributed by atoms with Gasteiger partial charge in [0.25, 0.3) is 5.91 Å². The Labute approximate surface area is 210 Å². The molecule has 0 aliphatic heterocycles. The van der Waals surface area contributed by atoms with Crippen molar-refractivity contribution in [3.63, 3.8) is 0 Å². The summed E-state index contributed by atoms with van der Waals surface area (Å²) < 4.78 is 0. The van der Waals surface area contributed by atoms with Crippen molar-refractivity contribution in [2.45, 2.75) is 30.9 Å². The number of aryl methyl sites for hydroxylation is 3. The van der Waals surface area contributed by atoms with Gasteiger partial charge in [0.15, 0.2) is 0 Å².